The van der Waals surface area contributed by atoms with Crippen LogP contribution in [0.25, 0.3) is 0 Å². The summed E-state index contributed by atoms with van der Waals surface area (Å²) in [5.74, 6) is 1.15. The quantitative estimate of drug-likeness (QED) is 0.553. The second-order valence-electron chi connectivity index (χ2n) is 11.8. The fraction of sp³-hybridized carbons (Fsp3) is 0.536. The van der Waals surface area contributed by atoms with E-state index in [0.717, 1.165) is 11.5 Å². The number of anilines is 2. The lowest BCUT2D eigenvalue weighted by atomic mass is 9.77. The number of fused-ring (bicyclic) bond motifs is 6. The number of aliphatic imine (C=N–C) groups is 1. The molecule has 0 amide bonds. The van der Waals surface area contributed by atoms with Crippen LogP contribution in [0, 0.1) is 5.41 Å². The monoisotopic (exact) mass is 415 g/mol. The van der Waals surface area contributed by atoms with Crippen LogP contribution >= 0.6 is 0 Å². The maximum atomic E-state index is 5.16. The molecule has 2 aliphatic heterocycles. The van der Waals surface area contributed by atoms with Crippen LogP contribution in [0.15, 0.2) is 41.4 Å². The number of hydrogen-bond acceptors (Lipinski definition) is 3. The highest BCUT2D eigenvalue weighted by atomic mass is 15.4. The lowest BCUT2D eigenvalue weighted by Crippen LogP contribution is -2.43. The van der Waals surface area contributed by atoms with Crippen molar-refractivity contribution < 1.29 is 0 Å². The summed E-state index contributed by atoms with van der Waals surface area (Å²) in [5, 5.41) is 3.89. The van der Waals surface area contributed by atoms with E-state index in [0.29, 0.717) is 0 Å². The van der Waals surface area contributed by atoms with Crippen LogP contribution in [0.3, 0.4) is 0 Å². The molecule has 0 radical (unpaired) electrons. The van der Waals surface area contributed by atoms with Gasteiger partial charge < -0.3 is 10.2 Å². The molecule has 2 atom stereocenters. The lowest BCUT2D eigenvalue weighted by molar-refractivity contribution is 0.347. The first kappa shape index (κ1) is 20.6. The summed E-state index contributed by atoms with van der Waals surface area (Å²) in [7, 11) is 0. The molecule has 0 aromatic heterocycles. The number of amidine groups is 1. The van der Waals surface area contributed by atoms with E-state index in [1.54, 1.807) is 5.56 Å². The van der Waals surface area contributed by atoms with Crippen molar-refractivity contribution in [2.45, 2.75) is 91.1 Å². The van der Waals surface area contributed by atoms with Gasteiger partial charge in [0.25, 0.3) is 0 Å². The molecule has 164 valence electrons. The summed E-state index contributed by atoms with van der Waals surface area (Å²) in [6.45, 7) is 16.5. The van der Waals surface area contributed by atoms with Gasteiger partial charge in [-0.05, 0) is 53.0 Å². The minimum Gasteiger partial charge on any atom is -0.359 e. The van der Waals surface area contributed by atoms with E-state index >= 15 is 0 Å². The number of benzene rings is 2. The number of nitrogens with zero attached hydrogens (tertiary/aromatic N) is 2. The fourth-order valence-electron chi connectivity index (χ4n) is 6.24. The predicted molar refractivity (Wildman–Crippen MR) is 133 cm³/mol. The average molecular weight is 416 g/mol. The molecule has 0 fully saturated rings. The SMILES string of the molecule is CCCCC1(C)CC(C)(C)c2cc3c(cc21)NC1c2ccccc2N=C(C(C)(C)C)N31. The van der Waals surface area contributed by atoms with Crippen molar-refractivity contribution in [3.8, 4) is 0 Å². The van der Waals surface area contributed by atoms with E-state index in [1.807, 2.05) is 0 Å². The maximum Gasteiger partial charge on any atom is 0.133 e. The van der Waals surface area contributed by atoms with Crippen molar-refractivity contribution >= 4 is 22.9 Å². The first-order valence-electron chi connectivity index (χ1n) is 12.0. The molecule has 2 unspecified atom stereocenters. The maximum absolute atomic E-state index is 5.16. The Morgan fingerprint density at radius 2 is 1.84 bits per heavy atom. The molecule has 3 heteroatoms. The van der Waals surface area contributed by atoms with Gasteiger partial charge in [0.1, 0.15) is 12.0 Å². The summed E-state index contributed by atoms with van der Waals surface area (Å²) in [4.78, 5) is 7.63. The number of unbranched alkanes of at least 4 members (excludes halogenated alkanes) is 1. The van der Waals surface area contributed by atoms with Gasteiger partial charge in [0.15, 0.2) is 0 Å². The molecule has 0 spiro atoms. The van der Waals surface area contributed by atoms with Gasteiger partial charge in [-0.15, -0.1) is 0 Å². The summed E-state index contributed by atoms with van der Waals surface area (Å²) in [6, 6.07) is 13.6. The molecule has 31 heavy (non-hydrogen) atoms. The third-order valence-corrected chi connectivity index (χ3v) is 7.60. The third-order valence-electron chi connectivity index (χ3n) is 7.60. The zero-order valence-corrected chi connectivity index (χ0v) is 20.3. The molecule has 2 aromatic rings. The molecule has 3 nitrogen and oxygen atoms in total. The minimum atomic E-state index is -0.0424. The first-order valence-corrected chi connectivity index (χ1v) is 12.0. The molecule has 2 heterocycles. The number of rotatable bonds is 3. The molecule has 0 saturated carbocycles. The lowest BCUT2D eigenvalue weighted by Gasteiger charge is -2.38. The molecule has 2 aromatic carbocycles. The molecular formula is C28H37N3. The van der Waals surface area contributed by atoms with Crippen LogP contribution in [0.1, 0.15) is 97.0 Å². The van der Waals surface area contributed by atoms with E-state index < -0.39 is 0 Å². The van der Waals surface area contributed by atoms with Crippen molar-refractivity contribution in [1.29, 1.82) is 0 Å². The topological polar surface area (TPSA) is 27.6 Å². The Kier molecular flexibility index (Phi) is 4.39. The summed E-state index contributed by atoms with van der Waals surface area (Å²) < 4.78 is 0. The standard InChI is InChI=1S/C28H37N3/c1-8-9-14-28(7)17-27(5,6)19-16-23-22(15-20(19)28)29-24-18-12-10-11-13-21(18)30-25(31(23)24)26(2,3)4/h10-13,15-16,24,29H,8-9,14,17H2,1-7H3. The Morgan fingerprint density at radius 1 is 1.10 bits per heavy atom. The Bertz CT molecular complexity index is 1070. The number of nitrogens with one attached hydrogen (secondary N) is 1. The molecule has 5 rings (SSSR count). The second kappa shape index (κ2) is 6.60. The van der Waals surface area contributed by atoms with Crippen LogP contribution in [0.5, 0.6) is 0 Å². The van der Waals surface area contributed by atoms with Crippen LogP contribution in [-0.4, -0.2) is 5.84 Å². The van der Waals surface area contributed by atoms with Gasteiger partial charge in [-0.3, -0.25) is 0 Å². The van der Waals surface area contributed by atoms with Gasteiger partial charge >= 0.3 is 0 Å². The van der Waals surface area contributed by atoms with Crippen LogP contribution in [-0.2, 0) is 10.8 Å². The Morgan fingerprint density at radius 3 is 2.55 bits per heavy atom. The average Bonchev–Trinajstić information content (AvgIpc) is 3.17. The zero-order valence-electron chi connectivity index (χ0n) is 20.3. The van der Waals surface area contributed by atoms with Crippen molar-refractivity contribution in [2.75, 3.05) is 10.2 Å². The van der Waals surface area contributed by atoms with Gasteiger partial charge in [0.05, 0.1) is 17.1 Å². The highest BCUT2D eigenvalue weighted by molar-refractivity contribution is 6.09. The Balaban J connectivity index is 1.68. The second-order valence-corrected chi connectivity index (χ2v) is 11.8. The van der Waals surface area contributed by atoms with E-state index in [9.17, 15) is 0 Å². The normalized spacial score (nSPS) is 25.3. The number of hydrogen-bond donors (Lipinski definition) is 1. The van der Waals surface area contributed by atoms with Gasteiger partial charge in [0, 0.05) is 11.0 Å². The molecule has 3 aliphatic rings. The Hall–Kier alpha value is -2.29. The van der Waals surface area contributed by atoms with Crippen LogP contribution in [0.2, 0.25) is 0 Å². The number of para-hydroxylation sites is 1. The van der Waals surface area contributed by atoms with Crippen molar-refractivity contribution in [2.24, 2.45) is 10.4 Å². The van der Waals surface area contributed by atoms with Crippen molar-refractivity contribution in [3.63, 3.8) is 0 Å². The van der Waals surface area contributed by atoms with Crippen LogP contribution in [0.4, 0.5) is 17.1 Å². The molecule has 0 bridgehead atoms. The summed E-state index contributed by atoms with van der Waals surface area (Å²) in [6.07, 6.45) is 5.16. The van der Waals surface area contributed by atoms with Crippen LogP contribution < -0.4 is 10.2 Å². The zero-order chi connectivity index (χ0) is 22.2. The largest absolute Gasteiger partial charge is 0.359 e. The van der Waals surface area contributed by atoms with Gasteiger partial charge in [-0.1, -0.05) is 79.5 Å². The molecular weight excluding hydrogens is 378 g/mol. The third kappa shape index (κ3) is 3.03. The van der Waals surface area contributed by atoms with Gasteiger partial charge in [0.2, 0.25) is 0 Å². The molecule has 1 N–H and O–H groups in total. The van der Waals surface area contributed by atoms with E-state index in [2.05, 4.69) is 95.1 Å². The highest BCUT2D eigenvalue weighted by Crippen LogP contribution is 2.57. The van der Waals surface area contributed by atoms with Crippen molar-refractivity contribution in [1.82, 2.24) is 0 Å². The summed E-state index contributed by atoms with van der Waals surface area (Å²) >= 11 is 0. The fourth-order valence-corrected chi connectivity index (χ4v) is 6.24. The van der Waals surface area contributed by atoms with Crippen molar-refractivity contribution in [3.05, 3.63) is 53.1 Å². The summed E-state index contributed by atoms with van der Waals surface area (Å²) in [5.41, 5.74) is 8.40. The Labute approximate surface area is 188 Å². The smallest absolute Gasteiger partial charge is 0.133 e. The van der Waals surface area contributed by atoms with Gasteiger partial charge in [-0.25, -0.2) is 4.99 Å². The van der Waals surface area contributed by atoms with E-state index in [-0.39, 0.29) is 22.4 Å². The van der Waals surface area contributed by atoms with E-state index in [1.165, 1.54) is 48.2 Å². The molecule has 0 saturated heterocycles. The minimum absolute atomic E-state index is 0.0424. The first-order chi connectivity index (χ1) is 14.5. The predicted octanol–water partition coefficient (Wildman–Crippen LogP) is 7.84. The molecule has 1 aliphatic carbocycles. The highest BCUT2D eigenvalue weighted by Gasteiger charge is 2.48. The van der Waals surface area contributed by atoms with Gasteiger partial charge in [-0.2, -0.15) is 0 Å². The van der Waals surface area contributed by atoms with E-state index in [4.69, 9.17) is 4.99 Å².